The molecule has 32 heavy (non-hydrogen) atoms. The van der Waals surface area contributed by atoms with Crippen LogP contribution in [0.25, 0.3) is 0 Å². The van der Waals surface area contributed by atoms with Gasteiger partial charge in [0.1, 0.15) is 18.1 Å². The van der Waals surface area contributed by atoms with Crippen molar-refractivity contribution in [3.8, 4) is 0 Å². The summed E-state index contributed by atoms with van der Waals surface area (Å²) in [5.74, 6) is -4.99. The van der Waals surface area contributed by atoms with E-state index >= 15 is 0 Å². The minimum Gasteiger partial charge on any atom is -0.481 e. The molecule has 0 aromatic carbocycles. The number of aliphatic carboxylic acids is 2. The van der Waals surface area contributed by atoms with Gasteiger partial charge in [0.25, 0.3) is 0 Å². The average Bonchev–Trinajstić information content (AvgIpc) is 3.17. The zero-order valence-corrected chi connectivity index (χ0v) is 17.8. The average molecular weight is 457 g/mol. The molecular formula is C18H31N7O7. The number of hydrogen-bond donors (Lipinski definition) is 7. The lowest BCUT2D eigenvalue weighted by atomic mass is 10.1. The van der Waals surface area contributed by atoms with Crippen molar-refractivity contribution in [2.45, 2.75) is 63.2 Å². The summed E-state index contributed by atoms with van der Waals surface area (Å²) in [4.78, 5) is 65.2. The van der Waals surface area contributed by atoms with Crippen LogP contribution in [0.15, 0.2) is 4.99 Å². The van der Waals surface area contributed by atoms with Crippen LogP contribution in [0.2, 0.25) is 0 Å². The standard InChI is InChI=1S/C18H31N7O7/c1-9(19)16(30)25-7-3-5-12(25)15(29)24-11(8-13(26)27)14(28)23-10(17(31)32)4-2-6-22-18(20)21/h9-12H,2-8,19H2,1H3,(H,23,28)(H,24,29)(H,26,27)(H,31,32)(H4,20,21,22). The normalized spacial score (nSPS) is 18.2. The second-order valence-electron chi connectivity index (χ2n) is 7.49. The maximum atomic E-state index is 12.7. The highest BCUT2D eigenvalue weighted by Gasteiger charge is 2.37. The highest BCUT2D eigenvalue weighted by molar-refractivity contribution is 5.95. The number of amides is 3. The monoisotopic (exact) mass is 457 g/mol. The molecule has 3 amide bonds. The van der Waals surface area contributed by atoms with Crippen molar-refractivity contribution in [1.82, 2.24) is 15.5 Å². The Bertz CT molecular complexity index is 752. The zero-order valence-electron chi connectivity index (χ0n) is 17.8. The molecule has 1 saturated heterocycles. The number of nitrogens with one attached hydrogen (secondary N) is 2. The molecule has 0 aromatic heterocycles. The van der Waals surface area contributed by atoms with Crippen molar-refractivity contribution >= 4 is 35.6 Å². The van der Waals surface area contributed by atoms with Gasteiger partial charge in [0.05, 0.1) is 12.5 Å². The predicted molar refractivity (Wildman–Crippen MR) is 112 cm³/mol. The lowest BCUT2D eigenvalue weighted by Crippen LogP contribution is -2.56. The maximum absolute atomic E-state index is 12.7. The minimum absolute atomic E-state index is 0.0229. The molecule has 1 fully saturated rings. The van der Waals surface area contributed by atoms with Crippen molar-refractivity contribution in [1.29, 1.82) is 0 Å². The Kier molecular flexibility index (Phi) is 10.3. The number of nitrogens with zero attached hydrogens (tertiary/aromatic N) is 2. The van der Waals surface area contributed by atoms with E-state index in [-0.39, 0.29) is 25.3 Å². The van der Waals surface area contributed by atoms with Gasteiger partial charge in [-0.05, 0) is 32.6 Å². The molecule has 1 aliphatic rings. The lowest BCUT2D eigenvalue weighted by Gasteiger charge is -2.27. The van der Waals surface area contributed by atoms with Gasteiger partial charge in [-0.15, -0.1) is 0 Å². The number of carbonyl (C=O) groups excluding carboxylic acids is 3. The second-order valence-corrected chi connectivity index (χ2v) is 7.49. The fraction of sp³-hybridized carbons (Fsp3) is 0.667. The Balaban J connectivity index is 2.85. The van der Waals surface area contributed by atoms with E-state index in [2.05, 4.69) is 15.6 Å². The summed E-state index contributed by atoms with van der Waals surface area (Å²) < 4.78 is 0. The van der Waals surface area contributed by atoms with E-state index in [1.54, 1.807) is 0 Å². The Hall–Kier alpha value is -3.42. The van der Waals surface area contributed by atoms with E-state index in [1.807, 2.05) is 0 Å². The Morgan fingerprint density at radius 3 is 2.31 bits per heavy atom. The first kappa shape index (κ1) is 26.6. The van der Waals surface area contributed by atoms with Crippen LogP contribution in [-0.2, 0) is 24.0 Å². The van der Waals surface area contributed by atoms with Crippen LogP contribution in [0.3, 0.4) is 0 Å². The quantitative estimate of drug-likeness (QED) is 0.0884. The molecule has 0 aliphatic carbocycles. The van der Waals surface area contributed by atoms with Crippen molar-refractivity contribution in [3.05, 3.63) is 0 Å². The Morgan fingerprint density at radius 2 is 1.78 bits per heavy atom. The first-order chi connectivity index (χ1) is 14.9. The first-order valence-electron chi connectivity index (χ1n) is 10.1. The fourth-order valence-electron chi connectivity index (χ4n) is 3.25. The number of hydrogen-bond acceptors (Lipinski definition) is 7. The fourth-order valence-corrected chi connectivity index (χ4v) is 3.25. The van der Waals surface area contributed by atoms with E-state index in [0.29, 0.717) is 19.4 Å². The molecule has 1 aliphatic heterocycles. The number of likely N-dealkylation sites (tertiary alicyclic amines) is 1. The predicted octanol–water partition coefficient (Wildman–Crippen LogP) is -3.09. The van der Waals surface area contributed by atoms with Crippen LogP contribution in [0.5, 0.6) is 0 Å². The highest BCUT2D eigenvalue weighted by Crippen LogP contribution is 2.18. The third-order valence-electron chi connectivity index (χ3n) is 4.80. The summed E-state index contributed by atoms with van der Waals surface area (Å²) in [6, 6.07) is -4.59. The van der Waals surface area contributed by atoms with Gasteiger partial charge < -0.3 is 42.9 Å². The molecule has 1 rings (SSSR count). The Morgan fingerprint density at radius 1 is 1.12 bits per heavy atom. The molecule has 14 heteroatoms. The van der Waals surface area contributed by atoms with Gasteiger partial charge in [-0.2, -0.15) is 0 Å². The largest absolute Gasteiger partial charge is 0.481 e. The van der Waals surface area contributed by atoms with Crippen LogP contribution in [0, 0.1) is 0 Å². The van der Waals surface area contributed by atoms with Gasteiger partial charge in [0.15, 0.2) is 5.96 Å². The molecular weight excluding hydrogens is 426 g/mol. The molecule has 4 atom stereocenters. The number of carbonyl (C=O) groups is 5. The molecule has 0 spiro atoms. The van der Waals surface area contributed by atoms with Crippen LogP contribution >= 0.6 is 0 Å². The first-order valence-corrected chi connectivity index (χ1v) is 10.1. The summed E-state index contributed by atoms with van der Waals surface area (Å²) >= 11 is 0. The summed E-state index contributed by atoms with van der Waals surface area (Å²) in [5.41, 5.74) is 16.0. The summed E-state index contributed by atoms with van der Waals surface area (Å²) in [5, 5.41) is 23.0. The lowest BCUT2D eigenvalue weighted by molar-refractivity contribution is -0.144. The summed E-state index contributed by atoms with van der Waals surface area (Å²) in [6.45, 7) is 1.93. The molecule has 0 bridgehead atoms. The molecule has 180 valence electrons. The van der Waals surface area contributed by atoms with Crippen LogP contribution < -0.4 is 27.8 Å². The second kappa shape index (κ2) is 12.4. The smallest absolute Gasteiger partial charge is 0.326 e. The molecule has 10 N–H and O–H groups in total. The van der Waals surface area contributed by atoms with Crippen LogP contribution in [-0.4, -0.2) is 88.0 Å². The van der Waals surface area contributed by atoms with E-state index in [0.717, 1.165) is 0 Å². The van der Waals surface area contributed by atoms with E-state index in [1.165, 1.54) is 11.8 Å². The number of carboxylic acids is 2. The summed E-state index contributed by atoms with van der Waals surface area (Å²) in [6.07, 6.45) is 0.315. The number of carboxylic acid groups (broad SMARTS) is 2. The SMILES string of the molecule is CC(N)C(=O)N1CCCC1C(=O)NC(CC(=O)O)C(=O)NC(CCCN=C(N)N)C(=O)O. The van der Waals surface area contributed by atoms with Crippen molar-refractivity contribution < 1.29 is 34.2 Å². The molecule has 0 saturated carbocycles. The number of guanidine groups is 1. The molecule has 14 nitrogen and oxygen atoms in total. The molecule has 0 radical (unpaired) electrons. The van der Waals surface area contributed by atoms with Gasteiger partial charge >= 0.3 is 11.9 Å². The van der Waals surface area contributed by atoms with Gasteiger partial charge in [-0.25, -0.2) is 4.79 Å². The third-order valence-corrected chi connectivity index (χ3v) is 4.80. The van der Waals surface area contributed by atoms with Crippen molar-refractivity contribution in [3.63, 3.8) is 0 Å². The molecule has 4 unspecified atom stereocenters. The van der Waals surface area contributed by atoms with E-state index < -0.39 is 60.2 Å². The number of aliphatic imine (C=N–C) groups is 1. The van der Waals surface area contributed by atoms with Crippen molar-refractivity contribution in [2.24, 2.45) is 22.2 Å². The number of rotatable bonds is 12. The molecule has 1 heterocycles. The van der Waals surface area contributed by atoms with E-state index in [9.17, 15) is 29.1 Å². The van der Waals surface area contributed by atoms with Gasteiger partial charge in [0.2, 0.25) is 17.7 Å². The zero-order chi connectivity index (χ0) is 24.4. The van der Waals surface area contributed by atoms with Gasteiger partial charge in [0, 0.05) is 13.1 Å². The highest BCUT2D eigenvalue weighted by atomic mass is 16.4. The van der Waals surface area contributed by atoms with Crippen LogP contribution in [0.4, 0.5) is 0 Å². The third kappa shape index (κ3) is 8.37. The van der Waals surface area contributed by atoms with Gasteiger partial charge in [-0.1, -0.05) is 0 Å². The number of nitrogens with two attached hydrogens (primary N) is 3. The summed E-state index contributed by atoms with van der Waals surface area (Å²) in [7, 11) is 0. The maximum Gasteiger partial charge on any atom is 0.326 e. The topological polar surface area (TPSA) is 244 Å². The van der Waals surface area contributed by atoms with Crippen molar-refractivity contribution in [2.75, 3.05) is 13.1 Å². The van der Waals surface area contributed by atoms with Gasteiger partial charge in [-0.3, -0.25) is 24.2 Å². The molecule has 0 aromatic rings. The minimum atomic E-state index is -1.53. The van der Waals surface area contributed by atoms with E-state index in [4.69, 9.17) is 22.3 Å². The Labute approximate surface area is 184 Å². The van der Waals surface area contributed by atoms with Crippen LogP contribution in [0.1, 0.15) is 39.0 Å².